The average molecular weight is 613 g/mol. The summed E-state index contributed by atoms with van der Waals surface area (Å²) in [7, 11) is 4.55. The summed E-state index contributed by atoms with van der Waals surface area (Å²) in [6, 6.07) is -0.304. The zero-order valence-corrected chi connectivity index (χ0v) is 28.2. The fraction of sp³-hybridized carbons (Fsp3) is 0.867. The Balaban J connectivity index is 2.21. The van der Waals surface area contributed by atoms with Crippen molar-refractivity contribution in [3.63, 3.8) is 0 Å². The van der Waals surface area contributed by atoms with Crippen LogP contribution in [0.15, 0.2) is 16.4 Å². The number of aliphatic hydroxyl groups excluding tert-OH is 1. The number of hydrogen-bond acceptors (Lipinski definition) is 8. The molecular formula is C30H53N4O7P. The van der Waals surface area contributed by atoms with Gasteiger partial charge in [-0.15, -0.1) is 9.24 Å². The summed E-state index contributed by atoms with van der Waals surface area (Å²) >= 11 is 0. The number of aliphatic hydroxyl groups is 1. The molecule has 8 atom stereocenters. The number of amides is 1. The first-order valence-corrected chi connectivity index (χ1v) is 16.0. The first kappa shape index (κ1) is 36.1. The molecule has 1 amide bonds. The van der Waals surface area contributed by atoms with E-state index in [4.69, 9.17) is 24.5 Å². The van der Waals surface area contributed by atoms with Gasteiger partial charge >= 0.3 is 12.1 Å². The van der Waals surface area contributed by atoms with E-state index in [1.165, 1.54) is 0 Å². The van der Waals surface area contributed by atoms with Crippen molar-refractivity contribution >= 4 is 21.3 Å². The number of unbranched alkanes of at least 4 members (excludes halogenated alkanes) is 1. The fourth-order valence-electron chi connectivity index (χ4n) is 6.75. The molecule has 0 aliphatic carbocycles. The molecule has 0 aromatic carbocycles. The Morgan fingerprint density at radius 1 is 1.19 bits per heavy atom. The summed E-state index contributed by atoms with van der Waals surface area (Å²) in [6.45, 7) is 16.1. The number of methoxy groups -OCH3 is 1. The first-order chi connectivity index (χ1) is 19.6. The summed E-state index contributed by atoms with van der Waals surface area (Å²) in [5, 5.41) is 14.5. The lowest BCUT2D eigenvalue weighted by molar-refractivity contribution is -0.213. The molecule has 12 heteroatoms. The molecule has 11 nitrogen and oxygen atoms in total. The van der Waals surface area contributed by atoms with Crippen LogP contribution in [0.25, 0.3) is 10.4 Å². The number of carbonyl (C=O) groups excluding carboxylic acids is 2. The zero-order valence-electron chi connectivity index (χ0n) is 27.0. The highest BCUT2D eigenvalue weighted by Crippen LogP contribution is 2.43. The lowest BCUT2D eigenvalue weighted by atomic mass is 9.75. The first-order valence-electron chi connectivity index (χ1n) is 15.2. The Morgan fingerprint density at radius 2 is 1.86 bits per heavy atom. The SMILES string of the molecule is CC[C@@H](O)[C@@]1(C)OC(=O)N(CCCCN=[N+]=[N-])[C@@H]1[C@@H](C)CCC[C@@](C)(OC)[C@H](CP)[C@@H](C)C1=C(C)C(=O)OC(C)(C)O1. The number of cyclic esters (lactones) is 2. The lowest BCUT2D eigenvalue weighted by Crippen LogP contribution is -2.54. The van der Waals surface area contributed by atoms with E-state index in [0.717, 1.165) is 25.4 Å². The van der Waals surface area contributed by atoms with Gasteiger partial charge in [-0.2, -0.15) is 0 Å². The quantitative estimate of drug-likeness (QED) is 0.0503. The predicted octanol–water partition coefficient (Wildman–Crippen LogP) is 6.35. The summed E-state index contributed by atoms with van der Waals surface area (Å²) in [6.07, 6.45) is 3.69. The van der Waals surface area contributed by atoms with E-state index < -0.39 is 29.2 Å². The van der Waals surface area contributed by atoms with Gasteiger partial charge in [-0.1, -0.05) is 32.3 Å². The standard InChI is InChI=1S/C30H53N4O7P/c1-10-23(35)30(8)25(34(27(37)41-30)17-12-11-16-32-33-31)19(2)14-13-15-29(7,38-9)22(18-42)20(3)24-21(4)26(36)40-28(5,6)39-24/h19-20,22-23,25,35H,10-18,42H2,1-9H3/t19-,20+,22+,23+,25+,29+,30+/m0/s1. The highest BCUT2D eigenvalue weighted by Gasteiger charge is 2.56. The van der Waals surface area contributed by atoms with Crippen molar-refractivity contribution in [2.75, 3.05) is 26.4 Å². The van der Waals surface area contributed by atoms with Crippen LogP contribution in [0.2, 0.25) is 0 Å². The van der Waals surface area contributed by atoms with Gasteiger partial charge in [0.25, 0.3) is 0 Å². The van der Waals surface area contributed by atoms with Crippen molar-refractivity contribution in [1.29, 1.82) is 0 Å². The van der Waals surface area contributed by atoms with Gasteiger partial charge in [-0.05, 0) is 70.5 Å². The van der Waals surface area contributed by atoms with Crippen molar-refractivity contribution < 1.29 is 33.6 Å². The van der Waals surface area contributed by atoms with Crippen LogP contribution in [0.5, 0.6) is 0 Å². The maximum Gasteiger partial charge on any atom is 0.410 e. The topological polar surface area (TPSA) is 143 Å². The van der Waals surface area contributed by atoms with Gasteiger partial charge in [-0.3, -0.25) is 0 Å². The number of rotatable bonds is 17. The van der Waals surface area contributed by atoms with Crippen LogP contribution in [0.3, 0.4) is 0 Å². The van der Waals surface area contributed by atoms with Crippen molar-refractivity contribution in [2.45, 2.75) is 123 Å². The van der Waals surface area contributed by atoms with Crippen LogP contribution in [0.4, 0.5) is 4.79 Å². The number of allylic oxidation sites excluding steroid dienone is 1. The molecule has 2 aliphatic heterocycles. The predicted molar refractivity (Wildman–Crippen MR) is 165 cm³/mol. The van der Waals surface area contributed by atoms with Gasteiger partial charge in [0.05, 0.1) is 23.3 Å². The van der Waals surface area contributed by atoms with Gasteiger partial charge in [0.15, 0.2) is 5.60 Å². The number of hydrogen-bond donors (Lipinski definition) is 1. The van der Waals surface area contributed by atoms with Gasteiger partial charge < -0.3 is 29.0 Å². The second-order valence-electron chi connectivity index (χ2n) is 12.7. The third-order valence-corrected chi connectivity index (χ3v) is 9.75. The number of esters is 1. The number of nitrogens with zero attached hydrogens (tertiary/aromatic N) is 4. The highest BCUT2D eigenvalue weighted by molar-refractivity contribution is 7.16. The zero-order chi connectivity index (χ0) is 31.9. The van der Waals surface area contributed by atoms with Crippen molar-refractivity contribution in [3.05, 3.63) is 21.8 Å². The second kappa shape index (κ2) is 15.1. The van der Waals surface area contributed by atoms with Crippen LogP contribution >= 0.6 is 9.24 Å². The third kappa shape index (κ3) is 8.10. The van der Waals surface area contributed by atoms with E-state index in [1.807, 2.05) is 13.8 Å². The largest absolute Gasteiger partial charge is 0.456 e. The Bertz CT molecular complexity index is 1030. The molecule has 42 heavy (non-hydrogen) atoms. The molecule has 0 aromatic heterocycles. The van der Waals surface area contributed by atoms with Crippen molar-refractivity contribution in [1.82, 2.24) is 4.90 Å². The van der Waals surface area contributed by atoms with E-state index in [-0.39, 0.29) is 29.8 Å². The average Bonchev–Trinajstić information content (AvgIpc) is 3.19. The van der Waals surface area contributed by atoms with Crippen LogP contribution in [0.1, 0.15) is 93.9 Å². The van der Waals surface area contributed by atoms with Gasteiger partial charge in [-0.25, -0.2) is 9.59 Å². The van der Waals surface area contributed by atoms with Gasteiger partial charge in [0.1, 0.15) is 5.76 Å². The maximum absolute atomic E-state index is 13.0. The van der Waals surface area contributed by atoms with Crippen LogP contribution in [-0.4, -0.2) is 77.6 Å². The molecule has 1 saturated heterocycles. The van der Waals surface area contributed by atoms with E-state index in [2.05, 4.69) is 40.0 Å². The van der Waals surface area contributed by atoms with E-state index in [0.29, 0.717) is 43.7 Å². The molecule has 240 valence electrons. The van der Waals surface area contributed by atoms with E-state index >= 15 is 0 Å². The van der Waals surface area contributed by atoms with Crippen molar-refractivity contribution in [3.8, 4) is 0 Å². The molecule has 0 saturated carbocycles. The fourth-order valence-corrected chi connectivity index (χ4v) is 7.65. The molecule has 1 fully saturated rings. The lowest BCUT2D eigenvalue weighted by Gasteiger charge is -2.43. The number of carbonyl (C=O) groups is 2. The Morgan fingerprint density at radius 3 is 2.43 bits per heavy atom. The second-order valence-corrected chi connectivity index (χ2v) is 13.1. The molecule has 2 rings (SSSR count). The third-order valence-electron chi connectivity index (χ3n) is 9.25. The maximum atomic E-state index is 13.0. The Kier molecular flexibility index (Phi) is 13.0. The summed E-state index contributed by atoms with van der Waals surface area (Å²) in [4.78, 5) is 30.1. The molecule has 0 radical (unpaired) electrons. The monoisotopic (exact) mass is 612 g/mol. The molecule has 2 aliphatic rings. The van der Waals surface area contributed by atoms with Crippen LogP contribution < -0.4 is 0 Å². The van der Waals surface area contributed by atoms with Crippen LogP contribution in [-0.2, 0) is 23.7 Å². The highest BCUT2D eigenvalue weighted by atomic mass is 31.0. The number of azide groups is 1. The minimum atomic E-state index is -1.03. The molecular weight excluding hydrogens is 559 g/mol. The molecule has 0 bridgehead atoms. The molecule has 1 unspecified atom stereocenters. The molecule has 2 heterocycles. The van der Waals surface area contributed by atoms with E-state index in [1.54, 1.807) is 32.8 Å². The molecule has 0 spiro atoms. The van der Waals surface area contributed by atoms with Crippen molar-refractivity contribution in [2.24, 2.45) is 22.9 Å². The minimum Gasteiger partial charge on any atom is -0.456 e. The van der Waals surface area contributed by atoms with Gasteiger partial charge in [0, 0.05) is 50.8 Å². The Hall–Kier alpha value is -2.06. The van der Waals surface area contributed by atoms with E-state index in [9.17, 15) is 14.7 Å². The summed E-state index contributed by atoms with van der Waals surface area (Å²) in [5.41, 5.74) is 7.49. The number of ether oxygens (including phenoxy) is 4. The normalized spacial score (nSPS) is 26.4. The van der Waals surface area contributed by atoms with Gasteiger partial charge in [0.2, 0.25) is 5.79 Å². The smallest absolute Gasteiger partial charge is 0.410 e. The summed E-state index contributed by atoms with van der Waals surface area (Å²) in [5.74, 6) is -0.781. The minimum absolute atomic E-state index is 0.0330. The van der Waals surface area contributed by atoms with Crippen LogP contribution in [0, 0.1) is 17.8 Å². The molecule has 1 N–H and O–H groups in total. The Labute approximate surface area is 253 Å². The molecule has 0 aromatic rings. The summed E-state index contributed by atoms with van der Waals surface area (Å²) < 4.78 is 23.6.